The number of rotatable bonds is 7. The molecule has 26 heavy (non-hydrogen) atoms. The van der Waals surface area contributed by atoms with E-state index < -0.39 is 11.9 Å². The summed E-state index contributed by atoms with van der Waals surface area (Å²) in [6.45, 7) is 3.24. The summed E-state index contributed by atoms with van der Waals surface area (Å²) < 4.78 is 10.4. The first-order valence-electron chi connectivity index (χ1n) is 8.25. The van der Waals surface area contributed by atoms with Gasteiger partial charge < -0.3 is 19.7 Å². The molecule has 0 heterocycles. The SMILES string of the molecule is Cc1ccc(OC(=O)CCC(=O)Oc2ccc(C)cc2CO)c(CO)c1. The van der Waals surface area contributed by atoms with E-state index in [2.05, 4.69) is 0 Å². The second-order valence-corrected chi connectivity index (χ2v) is 5.99. The predicted molar refractivity (Wildman–Crippen MR) is 94.7 cm³/mol. The second-order valence-electron chi connectivity index (χ2n) is 5.99. The molecule has 0 aliphatic heterocycles. The number of carbonyl (C=O) groups is 2. The summed E-state index contributed by atoms with van der Waals surface area (Å²) >= 11 is 0. The Morgan fingerprint density at radius 2 is 1.15 bits per heavy atom. The fourth-order valence-corrected chi connectivity index (χ4v) is 2.41. The van der Waals surface area contributed by atoms with Gasteiger partial charge >= 0.3 is 11.9 Å². The number of aliphatic hydroxyl groups is 2. The van der Waals surface area contributed by atoms with Gasteiger partial charge in [-0.1, -0.05) is 35.4 Å². The molecule has 0 atom stereocenters. The lowest BCUT2D eigenvalue weighted by molar-refractivity contribution is -0.140. The molecule has 2 rings (SSSR count). The minimum Gasteiger partial charge on any atom is -0.426 e. The summed E-state index contributed by atoms with van der Waals surface area (Å²) in [5.41, 5.74) is 2.90. The monoisotopic (exact) mass is 358 g/mol. The van der Waals surface area contributed by atoms with Crippen LogP contribution in [0.15, 0.2) is 36.4 Å². The van der Waals surface area contributed by atoms with Crippen molar-refractivity contribution in [1.29, 1.82) is 0 Å². The van der Waals surface area contributed by atoms with E-state index in [0.29, 0.717) is 11.1 Å². The maximum absolute atomic E-state index is 11.9. The number of ether oxygens (including phenoxy) is 2. The van der Waals surface area contributed by atoms with E-state index in [0.717, 1.165) is 11.1 Å². The first-order chi connectivity index (χ1) is 12.4. The normalized spacial score (nSPS) is 10.5. The number of carbonyl (C=O) groups excluding carboxylic acids is 2. The zero-order chi connectivity index (χ0) is 19.1. The summed E-state index contributed by atoms with van der Waals surface area (Å²) in [5, 5.41) is 18.6. The molecule has 2 aromatic rings. The minimum absolute atomic E-state index is 0.155. The topological polar surface area (TPSA) is 93.1 Å². The number of hydrogen-bond acceptors (Lipinski definition) is 6. The van der Waals surface area contributed by atoms with Crippen molar-refractivity contribution in [3.05, 3.63) is 58.7 Å². The summed E-state index contributed by atoms with van der Waals surface area (Å²) in [7, 11) is 0. The van der Waals surface area contributed by atoms with Crippen molar-refractivity contribution in [1.82, 2.24) is 0 Å². The van der Waals surface area contributed by atoms with Crippen LogP contribution in [0, 0.1) is 13.8 Å². The van der Waals surface area contributed by atoms with Crippen LogP contribution in [-0.2, 0) is 22.8 Å². The van der Waals surface area contributed by atoms with Crippen LogP contribution in [0.4, 0.5) is 0 Å². The molecule has 0 aromatic heterocycles. The first kappa shape index (κ1) is 19.6. The highest BCUT2D eigenvalue weighted by Gasteiger charge is 2.14. The average Bonchev–Trinajstić information content (AvgIpc) is 2.62. The molecule has 0 unspecified atom stereocenters. The van der Waals surface area contributed by atoms with E-state index in [1.54, 1.807) is 36.4 Å². The van der Waals surface area contributed by atoms with Crippen molar-refractivity contribution in [2.75, 3.05) is 0 Å². The van der Waals surface area contributed by atoms with Crippen LogP contribution in [0.25, 0.3) is 0 Å². The molecule has 0 aliphatic rings. The Labute approximate surface area is 152 Å². The average molecular weight is 358 g/mol. The molecule has 6 nitrogen and oxygen atoms in total. The standard InChI is InChI=1S/C20H22O6/c1-13-3-5-17(15(9-13)11-21)25-19(23)7-8-20(24)26-18-6-4-14(2)10-16(18)12-22/h3-6,9-10,21-22H,7-8,11-12H2,1-2H3. The Kier molecular flexibility index (Phi) is 6.89. The maximum Gasteiger partial charge on any atom is 0.311 e. The molecule has 0 aliphatic carbocycles. The largest absolute Gasteiger partial charge is 0.426 e. The third-order valence-corrected chi connectivity index (χ3v) is 3.75. The molecule has 6 heteroatoms. The summed E-state index contributed by atoms with van der Waals surface area (Å²) in [4.78, 5) is 23.9. The molecule has 0 bridgehead atoms. The van der Waals surface area contributed by atoms with E-state index in [1.807, 2.05) is 13.8 Å². The minimum atomic E-state index is -0.591. The van der Waals surface area contributed by atoms with Crippen molar-refractivity contribution in [2.24, 2.45) is 0 Å². The Hall–Kier alpha value is -2.70. The molecule has 2 N–H and O–H groups in total. The van der Waals surface area contributed by atoms with Gasteiger partial charge in [-0.3, -0.25) is 9.59 Å². The molecular formula is C20H22O6. The highest BCUT2D eigenvalue weighted by Crippen LogP contribution is 2.22. The van der Waals surface area contributed by atoms with Crippen molar-refractivity contribution >= 4 is 11.9 Å². The lowest BCUT2D eigenvalue weighted by Crippen LogP contribution is -2.15. The van der Waals surface area contributed by atoms with Crippen LogP contribution in [0.3, 0.4) is 0 Å². The number of aryl methyl sites for hydroxylation is 2. The van der Waals surface area contributed by atoms with Gasteiger partial charge in [0.1, 0.15) is 11.5 Å². The summed E-state index contributed by atoms with van der Waals surface area (Å²) in [6.07, 6.45) is -0.310. The molecule has 0 fully saturated rings. The van der Waals surface area contributed by atoms with Crippen LogP contribution in [-0.4, -0.2) is 22.2 Å². The van der Waals surface area contributed by atoms with Gasteiger partial charge in [-0.2, -0.15) is 0 Å². The third-order valence-electron chi connectivity index (χ3n) is 3.75. The Bertz CT molecular complexity index is 729. The Morgan fingerprint density at radius 3 is 1.50 bits per heavy atom. The molecule has 2 aromatic carbocycles. The van der Waals surface area contributed by atoms with E-state index in [1.165, 1.54) is 0 Å². The van der Waals surface area contributed by atoms with E-state index >= 15 is 0 Å². The summed E-state index contributed by atoms with van der Waals surface area (Å²) in [6, 6.07) is 10.2. The Morgan fingerprint density at radius 1 is 0.769 bits per heavy atom. The van der Waals surface area contributed by atoms with Gasteiger partial charge in [0.05, 0.1) is 26.1 Å². The van der Waals surface area contributed by atoms with E-state index in [9.17, 15) is 19.8 Å². The van der Waals surface area contributed by atoms with Crippen LogP contribution in [0.5, 0.6) is 11.5 Å². The number of hydrogen-bond donors (Lipinski definition) is 2. The highest BCUT2D eigenvalue weighted by atomic mass is 16.5. The molecular weight excluding hydrogens is 336 g/mol. The van der Waals surface area contributed by atoms with Gasteiger partial charge in [-0.25, -0.2) is 0 Å². The van der Waals surface area contributed by atoms with E-state index in [-0.39, 0.29) is 37.6 Å². The van der Waals surface area contributed by atoms with Crippen LogP contribution in [0.1, 0.15) is 35.1 Å². The second kappa shape index (κ2) is 9.12. The van der Waals surface area contributed by atoms with Crippen LogP contribution < -0.4 is 9.47 Å². The molecule has 0 amide bonds. The van der Waals surface area contributed by atoms with Crippen LogP contribution >= 0.6 is 0 Å². The molecule has 0 saturated heterocycles. The lowest BCUT2D eigenvalue weighted by atomic mass is 10.1. The van der Waals surface area contributed by atoms with Gasteiger partial charge in [0.25, 0.3) is 0 Å². The first-order valence-corrected chi connectivity index (χ1v) is 8.25. The highest BCUT2D eigenvalue weighted by molar-refractivity contribution is 5.80. The number of benzene rings is 2. The number of esters is 2. The van der Waals surface area contributed by atoms with Gasteiger partial charge in [-0.05, 0) is 26.0 Å². The van der Waals surface area contributed by atoms with Crippen molar-refractivity contribution in [2.45, 2.75) is 39.9 Å². The predicted octanol–water partition coefficient (Wildman–Crippen LogP) is 2.58. The van der Waals surface area contributed by atoms with E-state index in [4.69, 9.17) is 9.47 Å². The molecule has 0 saturated carbocycles. The molecule has 0 spiro atoms. The van der Waals surface area contributed by atoms with Gasteiger partial charge in [0, 0.05) is 11.1 Å². The van der Waals surface area contributed by atoms with Gasteiger partial charge in [-0.15, -0.1) is 0 Å². The fraction of sp³-hybridized carbons (Fsp3) is 0.300. The van der Waals surface area contributed by atoms with Gasteiger partial charge in [0.2, 0.25) is 0 Å². The smallest absolute Gasteiger partial charge is 0.311 e. The molecule has 138 valence electrons. The lowest BCUT2D eigenvalue weighted by Gasteiger charge is -2.10. The van der Waals surface area contributed by atoms with Crippen LogP contribution in [0.2, 0.25) is 0 Å². The zero-order valence-corrected chi connectivity index (χ0v) is 14.8. The van der Waals surface area contributed by atoms with Crippen molar-refractivity contribution in [3.8, 4) is 11.5 Å². The van der Waals surface area contributed by atoms with Crippen molar-refractivity contribution in [3.63, 3.8) is 0 Å². The number of aliphatic hydroxyl groups excluding tert-OH is 2. The maximum atomic E-state index is 11.9. The van der Waals surface area contributed by atoms with Gasteiger partial charge in [0.15, 0.2) is 0 Å². The Balaban J connectivity index is 1.90. The molecule has 0 radical (unpaired) electrons. The quantitative estimate of drug-likeness (QED) is 0.584. The third kappa shape index (κ3) is 5.40. The zero-order valence-electron chi connectivity index (χ0n) is 14.8. The summed E-state index contributed by atoms with van der Waals surface area (Å²) in [5.74, 6) is -0.631. The van der Waals surface area contributed by atoms with Crippen molar-refractivity contribution < 1.29 is 29.3 Å². The fourth-order valence-electron chi connectivity index (χ4n) is 2.41.